The van der Waals surface area contributed by atoms with E-state index in [0.717, 1.165) is 0 Å². The highest BCUT2D eigenvalue weighted by molar-refractivity contribution is 7.84. The Morgan fingerprint density at radius 1 is 1.14 bits per heavy atom. The summed E-state index contributed by atoms with van der Waals surface area (Å²) in [5, 5.41) is 0.343. The van der Waals surface area contributed by atoms with Crippen molar-refractivity contribution in [2.24, 2.45) is 0 Å². The molecule has 1 fully saturated rings. The molecule has 2 aliphatic rings. The maximum atomic E-state index is 14.0. The molecule has 0 aliphatic carbocycles. The Kier molecular flexibility index (Phi) is 7.46. The lowest BCUT2D eigenvalue weighted by molar-refractivity contribution is 0.00856. The number of halogens is 2. The van der Waals surface area contributed by atoms with Crippen LogP contribution in [0.2, 0.25) is 10.0 Å². The first-order chi connectivity index (χ1) is 17.4. The Bertz CT molecular complexity index is 1250. The van der Waals surface area contributed by atoms with E-state index >= 15 is 0 Å². The highest BCUT2D eigenvalue weighted by atomic mass is 35.5. The molecule has 3 amide bonds. The molecule has 0 bridgehead atoms. The highest BCUT2D eigenvalue weighted by Crippen LogP contribution is 2.48. The van der Waals surface area contributed by atoms with Gasteiger partial charge < -0.3 is 19.1 Å². The molecule has 0 N–H and O–H groups in total. The number of likely N-dealkylation sites (tertiary alicyclic amines) is 1. The third kappa shape index (κ3) is 5.14. The molecule has 4 rings (SSSR count). The van der Waals surface area contributed by atoms with Crippen molar-refractivity contribution >= 4 is 57.6 Å². The third-order valence-electron chi connectivity index (χ3n) is 5.77. The van der Waals surface area contributed by atoms with Gasteiger partial charge in [0.15, 0.2) is 0 Å². The molecular formula is C23H27Cl2N5O6S. The topological polar surface area (TPSA) is 114 Å². The van der Waals surface area contributed by atoms with Crippen LogP contribution in [0.15, 0.2) is 17.4 Å². The molecule has 200 valence electrons. The smallest absolute Gasteiger partial charge is 0.410 e. The summed E-state index contributed by atoms with van der Waals surface area (Å²) < 4.78 is 28.3. The van der Waals surface area contributed by atoms with Gasteiger partial charge in [0.1, 0.15) is 33.0 Å². The van der Waals surface area contributed by atoms with Gasteiger partial charge >= 0.3 is 12.1 Å². The number of rotatable bonds is 5. The minimum Gasteiger partial charge on any atom is -0.495 e. The van der Waals surface area contributed by atoms with Crippen molar-refractivity contribution in [3.8, 4) is 11.5 Å². The first-order valence-electron chi connectivity index (χ1n) is 11.2. The zero-order valence-corrected chi connectivity index (χ0v) is 23.5. The average Bonchev–Trinajstić information content (AvgIpc) is 2.78. The number of benzene rings is 1. The minimum absolute atomic E-state index is 0.0412. The monoisotopic (exact) mass is 571 g/mol. The SMILES string of the molecule is COc1cc(OC)c(Cl)c(N2Cc3cnc(S(C)=O)nc3N(C3CN(C(=O)OC(C)(C)C)C3)C2=O)c1Cl. The fourth-order valence-corrected chi connectivity index (χ4v) is 5.13. The Hall–Kier alpha value is -2.83. The van der Waals surface area contributed by atoms with E-state index in [1.165, 1.54) is 47.4 Å². The second-order valence-corrected chi connectivity index (χ2v) is 11.5. The summed E-state index contributed by atoms with van der Waals surface area (Å²) >= 11 is 13.2. The zero-order valence-electron chi connectivity index (χ0n) is 21.2. The van der Waals surface area contributed by atoms with Crippen molar-refractivity contribution in [3.05, 3.63) is 27.9 Å². The summed E-state index contributed by atoms with van der Waals surface area (Å²) in [4.78, 5) is 39.5. The molecular weight excluding hydrogens is 545 g/mol. The van der Waals surface area contributed by atoms with E-state index in [1.54, 1.807) is 20.8 Å². The van der Waals surface area contributed by atoms with Crippen molar-refractivity contribution in [2.75, 3.05) is 43.4 Å². The Balaban J connectivity index is 1.76. The van der Waals surface area contributed by atoms with Gasteiger partial charge in [-0.05, 0) is 20.8 Å². The molecule has 0 saturated carbocycles. The molecule has 3 heterocycles. The van der Waals surface area contributed by atoms with Gasteiger partial charge in [0.2, 0.25) is 5.16 Å². The lowest BCUT2D eigenvalue weighted by Crippen LogP contribution is -2.66. The second-order valence-electron chi connectivity index (χ2n) is 9.49. The third-order valence-corrected chi connectivity index (χ3v) is 7.21. The number of aromatic nitrogens is 2. The molecule has 0 radical (unpaired) electrons. The number of ether oxygens (including phenoxy) is 3. The summed E-state index contributed by atoms with van der Waals surface area (Å²) in [6.45, 7) is 5.81. The van der Waals surface area contributed by atoms with Gasteiger partial charge in [0, 0.05) is 37.2 Å². The fraction of sp³-hybridized carbons (Fsp3) is 0.478. The first kappa shape index (κ1) is 27.2. The maximum absolute atomic E-state index is 14.0. The molecule has 1 unspecified atom stereocenters. The minimum atomic E-state index is -1.47. The van der Waals surface area contributed by atoms with E-state index in [9.17, 15) is 13.8 Å². The van der Waals surface area contributed by atoms with Crippen LogP contribution in [-0.4, -0.2) is 76.4 Å². The Labute approximate surface area is 227 Å². The lowest BCUT2D eigenvalue weighted by atomic mass is 10.1. The van der Waals surface area contributed by atoms with Crippen molar-refractivity contribution in [3.63, 3.8) is 0 Å². The zero-order chi connectivity index (χ0) is 27.2. The van der Waals surface area contributed by atoms with E-state index in [2.05, 4.69) is 9.97 Å². The molecule has 1 aromatic carbocycles. The maximum Gasteiger partial charge on any atom is 0.410 e. The van der Waals surface area contributed by atoms with Gasteiger partial charge in [-0.3, -0.25) is 14.0 Å². The summed E-state index contributed by atoms with van der Waals surface area (Å²) in [6.07, 6.45) is 2.50. The molecule has 37 heavy (non-hydrogen) atoms. The second kappa shape index (κ2) is 10.1. The number of amides is 3. The van der Waals surface area contributed by atoms with Crippen LogP contribution in [-0.2, 0) is 22.1 Å². The van der Waals surface area contributed by atoms with Crippen LogP contribution in [0.3, 0.4) is 0 Å². The summed E-state index contributed by atoms with van der Waals surface area (Å²) in [5.74, 6) is 0.865. The number of anilines is 2. The number of methoxy groups -OCH3 is 2. The van der Waals surface area contributed by atoms with Gasteiger partial charge in [0.25, 0.3) is 0 Å². The molecule has 2 aromatic rings. The van der Waals surface area contributed by atoms with Crippen LogP contribution in [0, 0.1) is 0 Å². The largest absolute Gasteiger partial charge is 0.495 e. The van der Waals surface area contributed by atoms with Gasteiger partial charge in [-0.1, -0.05) is 23.2 Å². The standard InChI is InChI=1S/C23H27Cl2N5O6S/c1-23(2,3)36-22(32)28-10-13(11-28)30-19-12(8-26-20(27-19)37(6)33)9-29(21(30)31)18-16(24)14(34-4)7-15(35-5)17(18)25/h7-8,13H,9-11H2,1-6H3. The van der Waals surface area contributed by atoms with Crippen LogP contribution < -0.4 is 19.3 Å². The molecule has 1 saturated heterocycles. The average molecular weight is 572 g/mol. The predicted molar refractivity (Wildman–Crippen MR) is 140 cm³/mol. The number of nitrogens with zero attached hydrogens (tertiary/aromatic N) is 5. The van der Waals surface area contributed by atoms with Crippen LogP contribution in [0.5, 0.6) is 11.5 Å². The molecule has 11 nitrogen and oxygen atoms in total. The summed E-state index contributed by atoms with van der Waals surface area (Å²) in [7, 11) is 1.41. The van der Waals surface area contributed by atoms with Crippen molar-refractivity contribution in [1.29, 1.82) is 0 Å². The number of hydrogen-bond acceptors (Lipinski definition) is 8. The van der Waals surface area contributed by atoms with Gasteiger partial charge in [0.05, 0.1) is 43.3 Å². The van der Waals surface area contributed by atoms with Gasteiger partial charge in [-0.2, -0.15) is 0 Å². The number of hydrogen-bond donors (Lipinski definition) is 0. The van der Waals surface area contributed by atoms with E-state index in [4.69, 9.17) is 37.4 Å². The van der Waals surface area contributed by atoms with Gasteiger partial charge in [-0.25, -0.2) is 19.6 Å². The quantitative estimate of drug-likeness (QED) is 0.492. The first-order valence-corrected chi connectivity index (χ1v) is 13.6. The summed E-state index contributed by atoms with van der Waals surface area (Å²) in [5.41, 5.74) is 0.128. The molecule has 1 aromatic heterocycles. The van der Waals surface area contributed by atoms with Crippen molar-refractivity contribution < 1.29 is 28.0 Å². The number of carbonyl (C=O) groups is 2. The molecule has 1 atom stereocenters. The van der Waals surface area contributed by atoms with Crippen LogP contribution in [0.4, 0.5) is 21.1 Å². The molecule has 14 heteroatoms. The van der Waals surface area contributed by atoms with Crippen LogP contribution in [0.1, 0.15) is 26.3 Å². The summed E-state index contributed by atoms with van der Waals surface area (Å²) in [6, 6.07) is 0.622. The fourth-order valence-electron chi connectivity index (χ4n) is 4.01. The number of urea groups is 1. The highest BCUT2D eigenvalue weighted by Gasteiger charge is 2.46. The number of fused-ring (bicyclic) bond motifs is 1. The van der Waals surface area contributed by atoms with Gasteiger partial charge in [-0.15, -0.1) is 0 Å². The van der Waals surface area contributed by atoms with Crippen molar-refractivity contribution in [2.45, 2.75) is 44.1 Å². The van der Waals surface area contributed by atoms with Crippen LogP contribution >= 0.6 is 23.2 Å². The van der Waals surface area contributed by atoms with E-state index in [1.807, 2.05) is 0 Å². The van der Waals surface area contributed by atoms with Crippen molar-refractivity contribution in [1.82, 2.24) is 14.9 Å². The van der Waals surface area contributed by atoms with E-state index < -0.39 is 34.6 Å². The molecule has 2 aliphatic heterocycles. The Morgan fingerprint density at radius 2 is 1.73 bits per heavy atom. The van der Waals surface area contributed by atoms with E-state index in [0.29, 0.717) is 11.4 Å². The predicted octanol–water partition coefficient (Wildman–Crippen LogP) is 4.10. The molecule has 0 spiro atoms. The normalized spacial score (nSPS) is 16.8. The van der Waals surface area contributed by atoms with E-state index in [-0.39, 0.29) is 52.0 Å². The Morgan fingerprint density at radius 3 is 2.24 bits per heavy atom. The van der Waals surface area contributed by atoms with Crippen LogP contribution in [0.25, 0.3) is 0 Å². The lowest BCUT2D eigenvalue weighted by Gasteiger charge is -2.48. The number of carbonyl (C=O) groups excluding carboxylic acids is 2.